The molecule has 1 aromatic heterocycles. The summed E-state index contributed by atoms with van der Waals surface area (Å²) in [5, 5.41) is 8.95. The predicted molar refractivity (Wildman–Crippen MR) is 69.4 cm³/mol. The number of aliphatic hydroxyl groups excluding tert-OH is 1. The molecule has 0 bridgehead atoms. The Labute approximate surface area is 107 Å². The van der Waals surface area contributed by atoms with Crippen LogP contribution in [0.15, 0.2) is 42.6 Å². The Morgan fingerprint density at radius 2 is 2.00 bits per heavy atom. The summed E-state index contributed by atoms with van der Waals surface area (Å²) >= 11 is 2.23. The van der Waals surface area contributed by atoms with Gasteiger partial charge in [0.25, 0.3) is 0 Å². The second-order valence-electron chi connectivity index (χ2n) is 3.20. The maximum absolute atomic E-state index is 8.95. The lowest BCUT2D eigenvalue weighted by atomic mass is 10.3. The van der Waals surface area contributed by atoms with Gasteiger partial charge in [-0.25, -0.2) is 0 Å². The lowest BCUT2D eigenvalue weighted by Crippen LogP contribution is -1.90. The van der Waals surface area contributed by atoms with Gasteiger partial charge in [0.15, 0.2) is 0 Å². The van der Waals surface area contributed by atoms with Gasteiger partial charge in [-0.2, -0.15) is 0 Å². The van der Waals surface area contributed by atoms with Crippen molar-refractivity contribution in [3.05, 3.63) is 51.9 Å². The van der Waals surface area contributed by atoms with Crippen LogP contribution >= 0.6 is 22.6 Å². The third kappa shape index (κ3) is 2.93. The number of benzene rings is 1. The first-order chi connectivity index (χ1) is 7.78. The van der Waals surface area contributed by atoms with Crippen LogP contribution in [0.25, 0.3) is 0 Å². The van der Waals surface area contributed by atoms with Crippen molar-refractivity contribution < 1.29 is 9.84 Å². The molecule has 0 spiro atoms. The summed E-state index contributed by atoms with van der Waals surface area (Å²) in [7, 11) is 0. The fourth-order valence-corrected chi connectivity index (χ4v) is 1.79. The summed E-state index contributed by atoms with van der Waals surface area (Å²) in [6.45, 7) is -0.0798. The monoisotopic (exact) mass is 327 g/mol. The number of aromatic nitrogens is 1. The average Bonchev–Trinajstić information content (AvgIpc) is 2.29. The SMILES string of the molecule is OCc1cc(Oc2cccc(I)c2)ccn1. The van der Waals surface area contributed by atoms with Gasteiger partial charge in [-0.1, -0.05) is 6.07 Å². The van der Waals surface area contributed by atoms with E-state index in [1.54, 1.807) is 18.3 Å². The molecule has 2 aromatic rings. The van der Waals surface area contributed by atoms with Crippen LogP contribution in [0.2, 0.25) is 0 Å². The summed E-state index contributed by atoms with van der Waals surface area (Å²) in [5.41, 5.74) is 0.600. The van der Waals surface area contributed by atoms with Crippen LogP contribution in [0.3, 0.4) is 0 Å². The highest BCUT2D eigenvalue weighted by Crippen LogP contribution is 2.22. The molecule has 1 N–H and O–H groups in total. The third-order valence-electron chi connectivity index (χ3n) is 1.98. The van der Waals surface area contributed by atoms with Crippen molar-refractivity contribution in [2.75, 3.05) is 0 Å². The first-order valence-electron chi connectivity index (χ1n) is 4.77. The normalized spacial score (nSPS) is 10.1. The zero-order chi connectivity index (χ0) is 11.4. The summed E-state index contributed by atoms with van der Waals surface area (Å²) in [6, 6.07) is 11.3. The molecule has 0 aliphatic carbocycles. The fourth-order valence-electron chi connectivity index (χ4n) is 1.27. The Bertz CT molecular complexity index is 488. The predicted octanol–water partition coefficient (Wildman–Crippen LogP) is 2.97. The maximum Gasteiger partial charge on any atom is 0.130 e. The van der Waals surface area contributed by atoms with Crippen LogP contribution in [-0.2, 0) is 6.61 Å². The van der Waals surface area contributed by atoms with Crippen molar-refractivity contribution in [2.24, 2.45) is 0 Å². The minimum Gasteiger partial charge on any atom is -0.457 e. The van der Waals surface area contributed by atoms with Crippen LogP contribution in [0.5, 0.6) is 11.5 Å². The summed E-state index contributed by atoms with van der Waals surface area (Å²) < 4.78 is 6.76. The molecule has 16 heavy (non-hydrogen) atoms. The van der Waals surface area contributed by atoms with Gasteiger partial charge >= 0.3 is 0 Å². The van der Waals surface area contributed by atoms with Gasteiger partial charge in [0.1, 0.15) is 11.5 Å². The molecule has 82 valence electrons. The van der Waals surface area contributed by atoms with E-state index in [0.717, 1.165) is 9.32 Å². The van der Waals surface area contributed by atoms with E-state index in [2.05, 4.69) is 27.6 Å². The number of nitrogens with zero attached hydrogens (tertiary/aromatic N) is 1. The average molecular weight is 327 g/mol. The van der Waals surface area contributed by atoms with E-state index < -0.39 is 0 Å². The van der Waals surface area contributed by atoms with Crippen LogP contribution in [0.1, 0.15) is 5.69 Å². The van der Waals surface area contributed by atoms with Gasteiger partial charge in [-0.3, -0.25) is 4.98 Å². The topological polar surface area (TPSA) is 42.4 Å². The molecule has 1 aromatic carbocycles. The summed E-state index contributed by atoms with van der Waals surface area (Å²) in [6.07, 6.45) is 1.62. The van der Waals surface area contributed by atoms with Crippen molar-refractivity contribution >= 4 is 22.6 Å². The molecule has 3 nitrogen and oxygen atoms in total. The van der Waals surface area contributed by atoms with E-state index in [-0.39, 0.29) is 6.61 Å². The number of hydrogen-bond acceptors (Lipinski definition) is 3. The standard InChI is InChI=1S/C12H10INO2/c13-9-2-1-3-11(6-9)16-12-4-5-14-10(7-12)8-15/h1-7,15H,8H2. The molecular weight excluding hydrogens is 317 g/mol. The number of pyridine rings is 1. The molecule has 0 saturated heterocycles. The fraction of sp³-hybridized carbons (Fsp3) is 0.0833. The lowest BCUT2D eigenvalue weighted by molar-refractivity contribution is 0.276. The smallest absolute Gasteiger partial charge is 0.130 e. The maximum atomic E-state index is 8.95. The number of halogens is 1. The zero-order valence-corrected chi connectivity index (χ0v) is 10.6. The molecule has 2 rings (SSSR count). The van der Waals surface area contributed by atoms with Gasteiger partial charge in [-0.05, 0) is 46.9 Å². The van der Waals surface area contributed by atoms with Gasteiger partial charge in [0.05, 0.1) is 12.3 Å². The Balaban J connectivity index is 2.20. The van der Waals surface area contributed by atoms with E-state index in [1.165, 1.54) is 0 Å². The number of rotatable bonds is 3. The molecule has 0 amide bonds. The minimum absolute atomic E-state index is 0.0798. The zero-order valence-electron chi connectivity index (χ0n) is 8.43. The van der Waals surface area contributed by atoms with Crippen molar-refractivity contribution in [1.82, 2.24) is 4.98 Å². The molecular formula is C12H10INO2. The molecule has 0 radical (unpaired) electrons. The Kier molecular flexibility index (Phi) is 3.74. The highest BCUT2D eigenvalue weighted by atomic mass is 127. The lowest BCUT2D eigenvalue weighted by Gasteiger charge is -2.06. The second-order valence-corrected chi connectivity index (χ2v) is 4.45. The molecule has 0 aliphatic rings. The first kappa shape index (κ1) is 11.3. The van der Waals surface area contributed by atoms with Gasteiger partial charge in [0.2, 0.25) is 0 Å². The highest BCUT2D eigenvalue weighted by Gasteiger charge is 1.99. The van der Waals surface area contributed by atoms with E-state index in [1.807, 2.05) is 24.3 Å². The Morgan fingerprint density at radius 1 is 1.19 bits per heavy atom. The van der Waals surface area contributed by atoms with Crippen LogP contribution in [0, 0.1) is 3.57 Å². The quantitative estimate of drug-likeness (QED) is 0.882. The van der Waals surface area contributed by atoms with Gasteiger partial charge < -0.3 is 9.84 Å². The first-order valence-corrected chi connectivity index (χ1v) is 5.85. The molecule has 0 unspecified atom stereocenters. The number of hydrogen-bond donors (Lipinski definition) is 1. The van der Waals surface area contributed by atoms with E-state index in [4.69, 9.17) is 9.84 Å². The largest absolute Gasteiger partial charge is 0.457 e. The Morgan fingerprint density at radius 3 is 2.75 bits per heavy atom. The van der Waals surface area contributed by atoms with Crippen molar-refractivity contribution in [1.29, 1.82) is 0 Å². The van der Waals surface area contributed by atoms with Crippen molar-refractivity contribution in [3.63, 3.8) is 0 Å². The molecule has 0 aliphatic heterocycles. The molecule has 0 saturated carbocycles. The van der Waals surface area contributed by atoms with E-state index in [9.17, 15) is 0 Å². The molecule has 4 heteroatoms. The van der Waals surface area contributed by atoms with Gasteiger partial charge in [0, 0.05) is 15.8 Å². The van der Waals surface area contributed by atoms with E-state index >= 15 is 0 Å². The van der Waals surface area contributed by atoms with Crippen molar-refractivity contribution in [2.45, 2.75) is 6.61 Å². The van der Waals surface area contributed by atoms with Crippen LogP contribution in [0.4, 0.5) is 0 Å². The van der Waals surface area contributed by atoms with Gasteiger partial charge in [-0.15, -0.1) is 0 Å². The third-order valence-corrected chi connectivity index (χ3v) is 2.65. The molecule has 0 fully saturated rings. The van der Waals surface area contributed by atoms with Crippen LogP contribution < -0.4 is 4.74 Å². The number of aliphatic hydroxyl groups is 1. The molecule has 0 atom stereocenters. The van der Waals surface area contributed by atoms with E-state index in [0.29, 0.717) is 11.4 Å². The summed E-state index contributed by atoms with van der Waals surface area (Å²) in [4.78, 5) is 3.99. The molecule has 1 heterocycles. The summed E-state index contributed by atoms with van der Waals surface area (Å²) in [5.74, 6) is 1.46. The van der Waals surface area contributed by atoms with Crippen molar-refractivity contribution in [3.8, 4) is 11.5 Å². The second kappa shape index (κ2) is 5.27. The Hall–Kier alpha value is -1.14. The van der Waals surface area contributed by atoms with Crippen LogP contribution in [-0.4, -0.2) is 10.1 Å². The minimum atomic E-state index is -0.0798. The highest BCUT2D eigenvalue weighted by molar-refractivity contribution is 14.1. The number of ether oxygens (including phenoxy) is 1.